The molecule has 1 heterocycles. The zero-order valence-corrected chi connectivity index (χ0v) is 9.28. The van der Waals surface area contributed by atoms with Gasteiger partial charge < -0.3 is 10.0 Å². The first-order valence-electron chi connectivity index (χ1n) is 6.10. The summed E-state index contributed by atoms with van der Waals surface area (Å²) in [5.41, 5.74) is 0. The molecular weight excluding hydrogens is 174 g/mol. The highest BCUT2D eigenvalue weighted by Crippen LogP contribution is 2.37. The molecule has 1 saturated heterocycles. The lowest BCUT2D eigenvalue weighted by Gasteiger charge is -2.27. The van der Waals surface area contributed by atoms with Gasteiger partial charge >= 0.3 is 0 Å². The molecule has 2 unspecified atom stereocenters. The Morgan fingerprint density at radius 2 is 1.93 bits per heavy atom. The zero-order valence-electron chi connectivity index (χ0n) is 9.28. The van der Waals surface area contributed by atoms with Crippen molar-refractivity contribution in [3.8, 4) is 0 Å². The summed E-state index contributed by atoms with van der Waals surface area (Å²) >= 11 is 0. The first-order chi connectivity index (χ1) is 6.81. The van der Waals surface area contributed by atoms with E-state index in [9.17, 15) is 5.11 Å². The van der Waals surface area contributed by atoms with Gasteiger partial charge in [0.1, 0.15) is 0 Å². The van der Waals surface area contributed by atoms with E-state index in [0.29, 0.717) is 12.5 Å². The van der Waals surface area contributed by atoms with Gasteiger partial charge in [0.2, 0.25) is 0 Å². The van der Waals surface area contributed by atoms with Crippen LogP contribution in [0.25, 0.3) is 0 Å². The van der Waals surface area contributed by atoms with E-state index in [1.54, 1.807) is 0 Å². The van der Waals surface area contributed by atoms with Crippen LogP contribution in [0.2, 0.25) is 0 Å². The van der Waals surface area contributed by atoms with E-state index in [4.69, 9.17) is 0 Å². The van der Waals surface area contributed by atoms with Gasteiger partial charge in [0, 0.05) is 13.2 Å². The van der Waals surface area contributed by atoms with Gasteiger partial charge in [-0.1, -0.05) is 25.7 Å². The number of hydrogen-bond donors (Lipinski definition) is 1. The highest BCUT2D eigenvalue weighted by Gasteiger charge is 2.33. The van der Waals surface area contributed by atoms with Crippen molar-refractivity contribution < 1.29 is 5.11 Å². The van der Waals surface area contributed by atoms with Gasteiger partial charge in [-0.3, -0.25) is 0 Å². The van der Waals surface area contributed by atoms with E-state index < -0.39 is 0 Å². The maximum Gasteiger partial charge on any atom is 0.0465 e. The fourth-order valence-corrected chi connectivity index (χ4v) is 3.39. The molecule has 2 atom stereocenters. The molecule has 0 aromatic heterocycles. The maximum atomic E-state index is 9.51. The summed E-state index contributed by atoms with van der Waals surface area (Å²) in [6.07, 6.45) is 6.82. The van der Waals surface area contributed by atoms with Crippen LogP contribution in [0.3, 0.4) is 0 Å². The van der Waals surface area contributed by atoms with Crippen LogP contribution in [0, 0.1) is 17.8 Å². The Morgan fingerprint density at radius 3 is 2.43 bits per heavy atom. The second kappa shape index (κ2) is 4.63. The largest absolute Gasteiger partial charge is 0.396 e. The normalized spacial score (nSPS) is 32.6. The third-order valence-corrected chi connectivity index (χ3v) is 4.25. The van der Waals surface area contributed by atoms with Crippen LogP contribution in [-0.2, 0) is 0 Å². The van der Waals surface area contributed by atoms with Crippen molar-refractivity contribution in [2.45, 2.75) is 32.1 Å². The van der Waals surface area contributed by atoms with Crippen LogP contribution in [0.5, 0.6) is 0 Å². The quantitative estimate of drug-likeness (QED) is 0.745. The van der Waals surface area contributed by atoms with Crippen LogP contribution in [0.1, 0.15) is 32.1 Å². The van der Waals surface area contributed by atoms with Crippen LogP contribution in [0.4, 0.5) is 0 Å². The highest BCUT2D eigenvalue weighted by molar-refractivity contribution is 4.85. The van der Waals surface area contributed by atoms with Crippen molar-refractivity contribution in [3.63, 3.8) is 0 Å². The number of likely N-dealkylation sites (tertiary alicyclic amines) is 1. The second-order valence-corrected chi connectivity index (χ2v) is 5.20. The van der Waals surface area contributed by atoms with Crippen molar-refractivity contribution >= 4 is 0 Å². The van der Waals surface area contributed by atoms with E-state index in [2.05, 4.69) is 11.9 Å². The average molecular weight is 197 g/mol. The van der Waals surface area contributed by atoms with Crippen LogP contribution >= 0.6 is 0 Å². The van der Waals surface area contributed by atoms with Gasteiger partial charge in [-0.05, 0) is 37.8 Å². The first kappa shape index (κ1) is 10.4. The van der Waals surface area contributed by atoms with Gasteiger partial charge in [0.15, 0.2) is 0 Å². The minimum atomic E-state index is 0.420. The van der Waals surface area contributed by atoms with E-state index in [0.717, 1.165) is 11.8 Å². The van der Waals surface area contributed by atoms with Crippen molar-refractivity contribution in [1.82, 2.24) is 4.90 Å². The number of aliphatic hydroxyl groups excluding tert-OH is 1. The molecule has 82 valence electrons. The molecule has 14 heavy (non-hydrogen) atoms. The van der Waals surface area contributed by atoms with Crippen molar-refractivity contribution in [2.75, 3.05) is 26.7 Å². The third-order valence-electron chi connectivity index (χ3n) is 4.25. The van der Waals surface area contributed by atoms with Gasteiger partial charge in [0.05, 0.1) is 0 Å². The Bertz CT molecular complexity index is 177. The molecule has 1 aliphatic carbocycles. The molecule has 2 aliphatic rings. The van der Waals surface area contributed by atoms with Crippen LogP contribution < -0.4 is 0 Å². The number of nitrogens with zero attached hydrogens (tertiary/aromatic N) is 1. The smallest absolute Gasteiger partial charge is 0.0465 e. The van der Waals surface area contributed by atoms with E-state index in [-0.39, 0.29) is 0 Å². The number of aliphatic hydroxyl groups is 1. The Kier molecular flexibility index (Phi) is 3.45. The van der Waals surface area contributed by atoms with Gasteiger partial charge in [-0.25, -0.2) is 0 Å². The monoisotopic (exact) mass is 197 g/mol. The average Bonchev–Trinajstić information content (AvgIpc) is 2.79. The Morgan fingerprint density at radius 1 is 1.21 bits per heavy atom. The molecule has 2 rings (SSSR count). The molecule has 2 fully saturated rings. The van der Waals surface area contributed by atoms with E-state index in [1.807, 2.05) is 0 Å². The molecule has 0 aromatic carbocycles. The first-order valence-corrected chi connectivity index (χ1v) is 6.10. The summed E-state index contributed by atoms with van der Waals surface area (Å²) < 4.78 is 0. The van der Waals surface area contributed by atoms with Crippen LogP contribution in [0.15, 0.2) is 0 Å². The lowest BCUT2D eigenvalue weighted by Crippen LogP contribution is -2.27. The summed E-state index contributed by atoms with van der Waals surface area (Å²) in [6.45, 7) is 2.86. The number of hydrogen-bond acceptors (Lipinski definition) is 2. The molecule has 1 N–H and O–H groups in total. The Hall–Kier alpha value is -0.0800. The predicted octanol–water partition coefficient (Wildman–Crippen LogP) is 1.74. The molecule has 0 spiro atoms. The van der Waals surface area contributed by atoms with Gasteiger partial charge in [0.25, 0.3) is 0 Å². The van der Waals surface area contributed by atoms with Gasteiger partial charge in [-0.2, -0.15) is 0 Å². The molecule has 2 nitrogen and oxygen atoms in total. The number of rotatable bonds is 3. The lowest BCUT2D eigenvalue weighted by molar-refractivity contribution is 0.124. The summed E-state index contributed by atoms with van der Waals surface area (Å²) in [5.74, 6) is 2.20. The molecule has 0 radical (unpaired) electrons. The van der Waals surface area contributed by atoms with Crippen LogP contribution in [-0.4, -0.2) is 36.8 Å². The molecule has 0 amide bonds. The molecule has 2 heteroatoms. The topological polar surface area (TPSA) is 23.5 Å². The Labute approximate surface area is 87.3 Å². The molecule has 0 bridgehead atoms. The van der Waals surface area contributed by atoms with Gasteiger partial charge in [-0.15, -0.1) is 0 Å². The molecule has 0 aromatic rings. The summed E-state index contributed by atoms with van der Waals surface area (Å²) in [4.78, 5) is 2.41. The summed E-state index contributed by atoms with van der Waals surface area (Å²) in [6, 6.07) is 0. The van der Waals surface area contributed by atoms with E-state index in [1.165, 1.54) is 45.2 Å². The van der Waals surface area contributed by atoms with Crippen molar-refractivity contribution in [2.24, 2.45) is 17.8 Å². The lowest BCUT2D eigenvalue weighted by atomic mass is 9.80. The minimum Gasteiger partial charge on any atom is -0.396 e. The molecule has 1 aliphatic heterocycles. The third kappa shape index (κ3) is 2.12. The van der Waals surface area contributed by atoms with Crippen molar-refractivity contribution in [1.29, 1.82) is 0 Å². The Balaban J connectivity index is 1.91. The standard InChI is InChI=1S/C12H23NO/c1-13-7-6-11(8-13)12(9-14)10-4-2-3-5-10/h10-12,14H,2-9H2,1H3. The van der Waals surface area contributed by atoms with E-state index >= 15 is 0 Å². The molecular formula is C12H23NO. The van der Waals surface area contributed by atoms with Crippen molar-refractivity contribution in [3.05, 3.63) is 0 Å². The maximum absolute atomic E-state index is 9.51. The fraction of sp³-hybridized carbons (Fsp3) is 1.00. The zero-order chi connectivity index (χ0) is 9.97. The summed E-state index contributed by atoms with van der Waals surface area (Å²) in [7, 11) is 2.20. The summed E-state index contributed by atoms with van der Waals surface area (Å²) in [5, 5.41) is 9.51. The molecule has 1 saturated carbocycles. The second-order valence-electron chi connectivity index (χ2n) is 5.20. The minimum absolute atomic E-state index is 0.420. The highest BCUT2D eigenvalue weighted by atomic mass is 16.3. The fourth-order valence-electron chi connectivity index (χ4n) is 3.39. The predicted molar refractivity (Wildman–Crippen MR) is 58.1 cm³/mol. The SMILES string of the molecule is CN1CCC(C(CO)C2CCCC2)C1.